The molecule has 20 heteroatoms. The number of carbonyl (C=O) groups is 1. The van der Waals surface area contributed by atoms with Crippen molar-refractivity contribution in [3.05, 3.63) is 52.2 Å². The van der Waals surface area contributed by atoms with Crippen molar-refractivity contribution in [1.29, 1.82) is 5.53 Å². The van der Waals surface area contributed by atoms with E-state index in [1.807, 2.05) is 29.2 Å². The van der Waals surface area contributed by atoms with Gasteiger partial charge >= 0.3 is 5.69 Å². The monoisotopic (exact) mass is 932 g/mol. The zero-order valence-corrected chi connectivity index (χ0v) is 36.4. The first kappa shape index (κ1) is 49.8. The Labute approximate surface area is 401 Å². The Bertz CT molecular complexity index is 3270. The summed E-state index contributed by atoms with van der Waals surface area (Å²) >= 11 is 4.60. The van der Waals surface area contributed by atoms with Gasteiger partial charge in [-0.2, -0.15) is 15.1 Å². The van der Waals surface area contributed by atoms with E-state index in [0.29, 0.717) is 32.0 Å². The normalized spacial score (nSPS) is 12.0. The van der Waals surface area contributed by atoms with Gasteiger partial charge in [-0.05, 0) is 154 Å². The van der Waals surface area contributed by atoms with Crippen molar-refractivity contribution in [2.24, 2.45) is 21.6 Å². The van der Waals surface area contributed by atoms with E-state index in [2.05, 4.69) is 177 Å². The lowest BCUT2D eigenvalue weighted by atomic mass is 10.0. The number of aryl methyl sites for hydroxylation is 1. The third-order valence-electron chi connectivity index (χ3n) is 8.14. The molecule has 342 valence electrons. The van der Waals surface area contributed by atoms with Crippen molar-refractivity contribution in [1.82, 2.24) is 24.5 Å². The van der Waals surface area contributed by atoms with E-state index in [9.17, 15) is 9.59 Å². The molecule has 0 spiro atoms. The number of hydrogen-bond acceptors (Lipinski definition) is 14. The molecule has 4 aromatic rings. The van der Waals surface area contributed by atoms with Crippen LogP contribution in [0.1, 0.15) is 43.7 Å². The molecule has 1 amide bonds. The maximum atomic E-state index is 13.4. The average molecular weight is 933 g/mol. The number of thiophene rings is 1. The zero-order chi connectivity index (χ0) is 47.2. The Morgan fingerprint density at radius 2 is 1.61 bits per heavy atom. The van der Waals surface area contributed by atoms with Crippen LogP contribution in [0.5, 0.6) is 5.75 Å². The van der Waals surface area contributed by atoms with Crippen LogP contribution in [0, 0.1) is 142 Å². The molecular weight excluding hydrogens is 885 g/mol. The number of rotatable bonds is 9. The molecule has 66 heavy (non-hydrogen) atoms. The van der Waals surface area contributed by atoms with Crippen LogP contribution in [-0.2, 0) is 36.8 Å². The first-order valence-electron chi connectivity index (χ1n) is 18.6. The smallest absolute Gasteiger partial charge is 0.352 e. The number of carbonyl (C=O) groups excluding carboxylic acids is 1. The highest BCUT2D eigenvalue weighted by Crippen LogP contribution is 2.43. The first-order chi connectivity index (χ1) is 32.4. The number of benzene rings is 1. The van der Waals surface area contributed by atoms with Gasteiger partial charge in [-0.25, -0.2) is 15.0 Å². The van der Waals surface area contributed by atoms with Crippen molar-refractivity contribution in [3.63, 3.8) is 0 Å². The van der Waals surface area contributed by atoms with Gasteiger partial charge < -0.3 is 14.4 Å². The summed E-state index contributed by atoms with van der Waals surface area (Å²) in [7, 11) is 1.63. The van der Waals surface area contributed by atoms with Crippen LogP contribution in [0.3, 0.4) is 0 Å². The van der Waals surface area contributed by atoms with Gasteiger partial charge in [-0.1, -0.05) is 34.4 Å². The number of methoxy groups -OCH3 is 1. The number of anilines is 1. The molecule has 18 nitrogen and oxygen atoms in total. The van der Waals surface area contributed by atoms with E-state index >= 15 is 0 Å². The number of aromatic nitrogens is 4. The Balaban J connectivity index is -0.000000253. The van der Waals surface area contributed by atoms with Gasteiger partial charge in [0.1, 0.15) is 21.9 Å². The number of hydrogen-bond donors (Lipinski definition) is 3. The molecule has 2 N–H and O–H groups in total. The van der Waals surface area contributed by atoms with E-state index in [4.69, 9.17) is 26.7 Å². The number of ether oxygens (including phenoxy) is 2. The molecule has 5 heterocycles. The Morgan fingerprint density at radius 1 is 1.00 bits per heavy atom. The van der Waals surface area contributed by atoms with Crippen LogP contribution in [0.2, 0.25) is 0 Å². The number of terminal acetylenes is 1. The second-order valence-corrected chi connectivity index (χ2v) is 13.1. The molecule has 1 saturated heterocycles. The molecule has 0 radical (unpaired) electrons. The van der Waals surface area contributed by atoms with E-state index in [1.165, 1.54) is 22.2 Å². The molecule has 0 saturated carbocycles. The Hall–Kier alpha value is -8.89. The minimum Gasteiger partial charge on any atom is -0.497 e. The van der Waals surface area contributed by atoms with Gasteiger partial charge in [0.15, 0.2) is 5.65 Å². The minimum absolute atomic E-state index is 0. The molecule has 0 aliphatic carbocycles. The highest BCUT2D eigenvalue weighted by Gasteiger charge is 2.34. The molecule has 6 rings (SSSR count). The molecule has 2 aliphatic heterocycles. The predicted molar refractivity (Wildman–Crippen MR) is 262 cm³/mol. The predicted octanol–water partition coefficient (Wildman–Crippen LogP) is 6.08. The fraction of sp³-hybridized carbons (Fsp3) is 0.217. The molecule has 1 atom stereocenters. The summed E-state index contributed by atoms with van der Waals surface area (Å²) in [5.74, 6) is 52.7. The summed E-state index contributed by atoms with van der Waals surface area (Å²) in [6.07, 6.45) is 8.78. The number of thiol groups is 1. The molecule has 1 fully saturated rings. The zero-order valence-electron chi connectivity index (χ0n) is 34.7. The van der Waals surface area contributed by atoms with Crippen LogP contribution in [0.25, 0.3) is 15.9 Å². The first-order valence-corrected chi connectivity index (χ1v) is 19.7. The van der Waals surface area contributed by atoms with E-state index in [0.717, 1.165) is 51.4 Å². The highest BCUT2D eigenvalue weighted by atomic mass is 32.1. The minimum atomic E-state index is -0.244. The highest BCUT2D eigenvalue weighted by molar-refractivity contribution is 7.74. The van der Waals surface area contributed by atoms with Crippen molar-refractivity contribution in [2.45, 2.75) is 32.7 Å². The number of amides is 1. The molecule has 0 bridgehead atoms. The van der Waals surface area contributed by atoms with Crippen LogP contribution in [-0.4, -0.2) is 62.5 Å². The van der Waals surface area contributed by atoms with Crippen LogP contribution < -0.4 is 15.3 Å². The quantitative estimate of drug-likeness (QED) is 0.0439. The maximum Gasteiger partial charge on any atom is 0.352 e. The second kappa shape index (κ2) is 28.7. The second-order valence-electron chi connectivity index (χ2n) is 11.9. The van der Waals surface area contributed by atoms with E-state index < -0.39 is 0 Å². The SMILES string of the molecule is C#CC#CC#CC#CC#CC#CC#CC#CC#CC#CC#CC.COc1ccc(Cn2c(=O)n3ncnc3c3c4c(sc32)N(C(=O)C2CCOC2)CCC4)cc1.N=N/N=N/N(OO)OOS.[HH].[HH].[HH].[HH].[HH].[HH].[HH].[HH].[HH]. The van der Waals surface area contributed by atoms with Crippen LogP contribution in [0.15, 0.2) is 51.1 Å². The van der Waals surface area contributed by atoms with Gasteiger partial charge in [0.05, 0.1) is 36.9 Å². The van der Waals surface area contributed by atoms with Crippen molar-refractivity contribution in [3.8, 4) is 137 Å². The van der Waals surface area contributed by atoms with Crippen molar-refractivity contribution >= 4 is 51.0 Å². The summed E-state index contributed by atoms with van der Waals surface area (Å²) in [6, 6.07) is 7.67. The van der Waals surface area contributed by atoms with Gasteiger partial charge in [0, 0.05) is 73.4 Å². The van der Waals surface area contributed by atoms with Gasteiger partial charge in [0.2, 0.25) is 5.91 Å². The number of fused-ring (bicyclic) bond motifs is 5. The van der Waals surface area contributed by atoms with E-state index in [1.54, 1.807) is 18.6 Å². The molecule has 1 aromatic carbocycles. The fourth-order valence-electron chi connectivity index (χ4n) is 5.55. The summed E-state index contributed by atoms with van der Waals surface area (Å²) in [5, 5.41) is 21.8. The van der Waals surface area contributed by atoms with E-state index in [-0.39, 0.29) is 35.7 Å². The lowest BCUT2D eigenvalue weighted by Crippen LogP contribution is -2.39. The summed E-state index contributed by atoms with van der Waals surface area (Å²) in [4.78, 5) is 40.9. The summed E-state index contributed by atoms with van der Waals surface area (Å²) < 4.78 is 17.5. The third kappa shape index (κ3) is 15.2. The van der Waals surface area contributed by atoms with Crippen molar-refractivity contribution in [2.75, 3.05) is 31.8 Å². The van der Waals surface area contributed by atoms with Gasteiger partial charge in [-0.15, -0.1) is 10.8 Å². The number of nitrogens with zero attached hydrogens (tertiary/aromatic N) is 9. The van der Waals surface area contributed by atoms with Crippen LogP contribution in [0.4, 0.5) is 5.00 Å². The lowest BCUT2D eigenvalue weighted by molar-refractivity contribution is -0.572. The molecule has 1 unspecified atom stereocenters. The largest absolute Gasteiger partial charge is 0.497 e. The van der Waals surface area contributed by atoms with Gasteiger partial charge in [0.25, 0.3) is 0 Å². The lowest BCUT2D eigenvalue weighted by Gasteiger charge is -2.28. The summed E-state index contributed by atoms with van der Waals surface area (Å²) in [5.41, 5.74) is 8.45. The summed E-state index contributed by atoms with van der Waals surface area (Å²) in [6.45, 7) is 3.87. The third-order valence-corrected chi connectivity index (χ3v) is 9.49. The topological polar surface area (TPSA) is 203 Å². The van der Waals surface area contributed by atoms with Gasteiger partial charge in [-0.3, -0.25) is 9.36 Å². The number of nitrogens with one attached hydrogen (secondary N) is 1. The molecular formula is C46H48N10O8S2. The van der Waals surface area contributed by atoms with Crippen LogP contribution >= 0.6 is 24.2 Å². The van der Waals surface area contributed by atoms with Crippen molar-refractivity contribution < 1.29 is 46.7 Å². The standard InChI is InChI=1S/C23H23N5O4S.C23H4.H3N5O4S.9H2/c1-31-16-6-4-14(5-7-16)11-27-22-18(19-24-13-25-28(19)23(27)30)17-3-2-9-26(21(17)33-22)20(29)15-8-10-32-12-15;1-3-5-7-9-11-13-15-17-19-21-23-22-20-18-16-14-12-10-8-6-4-2;1-2-3-4-5(7-6)8-9-10;;;;;;;;;/h4-7,13,15H,2-3,8-12H2,1H3;1H,2H3;1,6,10H;9*1H/b;;2-1?,4-3+;;;;;;;;;. The maximum absolute atomic E-state index is 13.4. The average Bonchev–Trinajstić information content (AvgIpc) is 4.14. The molecule has 2 aliphatic rings. The Kier molecular flexibility index (Phi) is 21.6. The Morgan fingerprint density at radius 3 is 2.12 bits per heavy atom. The fourth-order valence-corrected chi connectivity index (χ4v) is 6.98. The molecule has 3 aromatic heterocycles.